The van der Waals surface area contributed by atoms with E-state index in [-0.39, 0.29) is 5.91 Å². The Labute approximate surface area is 172 Å². The maximum Gasteiger partial charge on any atom is 0.242 e. The molecule has 0 N–H and O–H groups in total. The molecule has 2 aliphatic heterocycles. The zero-order valence-electron chi connectivity index (χ0n) is 16.9. The molecule has 1 fully saturated rings. The summed E-state index contributed by atoms with van der Waals surface area (Å²) in [6.45, 7) is 9.21. The Morgan fingerprint density at radius 2 is 1.68 bits per heavy atom. The predicted molar refractivity (Wildman–Crippen MR) is 119 cm³/mol. The van der Waals surface area contributed by atoms with E-state index in [2.05, 4.69) is 66.1 Å². The average molecular weight is 396 g/mol. The van der Waals surface area contributed by atoms with Crippen LogP contribution in [0.3, 0.4) is 0 Å². The van der Waals surface area contributed by atoms with Gasteiger partial charge in [-0.25, -0.2) is 0 Å². The lowest BCUT2D eigenvalue weighted by Gasteiger charge is -2.38. The van der Waals surface area contributed by atoms with Crippen molar-refractivity contribution >= 4 is 29.0 Å². The van der Waals surface area contributed by atoms with E-state index in [0.29, 0.717) is 6.54 Å². The Morgan fingerprint density at radius 1 is 0.929 bits per heavy atom. The molecule has 0 aromatic heterocycles. The molecule has 0 spiro atoms. The quantitative estimate of drug-likeness (QED) is 0.786. The summed E-state index contributed by atoms with van der Waals surface area (Å²) < 4.78 is 0. The van der Waals surface area contributed by atoms with Gasteiger partial charge in [-0.2, -0.15) is 0 Å². The third-order valence-corrected chi connectivity index (χ3v) is 7.06. The zero-order valence-corrected chi connectivity index (χ0v) is 17.7. The summed E-state index contributed by atoms with van der Waals surface area (Å²) in [6.07, 6.45) is 1.12. The van der Waals surface area contributed by atoms with Gasteiger partial charge >= 0.3 is 0 Å². The molecule has 0 saturated carbocycles. The van der Waals surface area contributed by atoms with Gasteiger partial charge in [0.15, 0.2) is 0 Å². The highest BCUT2D eigenvalue weighted by Gasteiger charge is 2.25. The minimum absolute atomic E-state index is 0.252. The van der Waals surface area contributed by atoms with Gasteiger partial charge in [0, 0.05) is 43.3 Å². The van der Waals surface area contributed by atoms with E-state index in [1.807, 2.05) is 16.7 Å². The number of carbonyl (C=O) groups is 1. The lowest BCUT2D eigenvalue weighted by molar-refractivity contribution is -0.130. The van der Waals surface area contributed by atoms with E-state index >= 15 is 0 Å². The Morgan fingerprint density at radius 3 is 2.50 bits per heavy atom. The molecule has 2 aliphatic rings. The lowest BCUT2D eigenvalue weighted by atomic mass is 10.1. The molecule has 0 aliphatic carbocycles. The number of anilines is 2. The first-order valence-electron chi connectivity index (χ1n) is 10.2. The van der Waals surface area contributed by atoms with Gasteiger partial charge in [-0.3, -0.25) is 4.79 Å². The van der Waals surface area contributed by atoms with Gasteiger partial charge in [-0.1, -0.05) is 24.3 Å². The molecule has 2 aromatic carbocycles. The smallest absolute Gasteiger partial charge is 0.242 e. The van der Waals surface area contributed by atoms with Crippen LogP contribution in [0.25, 0.3) is 0 Å². The van der Waals surface area contributed by atoms with Crippen molar-refractivity contribution in [3.05, 3.63) is 53.6 Å². The second-order valence-electron chi connectivity index (χ2n) is 7.68. The molecule has 0 bridgehead atoms. The lowest BCUT2D eigenvalue weighted by Crippen LogP contribution is -2.51. The van der Waals surface area contributed by atoms with E-state index in [1.165, 1.54) is 27.4 Å². The standard InChI is InChI=1S/C23H29N3OS/c1-18-7-5-9-20(19(18)2)24-12-14-25(15-13-24)23(27)17-26-11-6-16-28-22-10-4-3-8-21(22)26/h3-5,7-10H,6,11-17H2,1-2H3. The maximum absolute atomic E-state index is 13.0. The SMILES string of the molecule is Cc1cccc(N2CCN(C(=O)CN3CCCSc4ccccc43)CC2)c1C. The Balaban J connectivity index is 1.39. The maximum atomic E-state index is 13.0. The second-order valence-corrected chi connectivity index (χ2v) is 8.81. The largest absolute Gasteiger partial charge is 0.368 e. The molecule has 0 radical (unpaired) electrons. The number of hydrogen-bond donors (Lipinski definition) is 0. The van der Waals surface area contributed by atoms with E-state index in [0.717, 1.165) is 44.9 Å². The number of amides is 1. The van der Waals surface area contributed by atoms with Crippen molar-refractivity contribution in [3.63, 3.8) is 0 Å². The first-order chi connectivity index (χ1) is 13.6. The summed E-state index contributed by atoms with van der Waals surface area (Å²) in [7, 11) is 0. The fourth-order valence-corrected chi connectivity index (χ4v) is 5.11. The molecule has 2 heterocycles. The van der Waals surface area contributed by atoms with Crippen LogP contribution in [-0.2, 0) is 4.79 Å². The number of hydrogen-bond acceptors (Lipinski definition) is 4. The molecular formula is C23H29N3OS. The monoisotopic (exact) mass is 395 g/mol. The van der Waals surface area contributed by atoms with Gasteiger partial charge in [-0.05, 0) is 55.3 Å². The van der Waals surface area contributed by atoms with Crippen LogP contribution >= 0.6 is 11.8 Å². The zero-order chi connectivity index (χ0) is 19.5. The number of nitrogens with zero attached hydrogens (tertiary/aromatic N) is 3. The van der Waals surface area contributed by atoms with E-state index in [4.69, 9.17) is 0 Å². The van der Waals surface area contributed by atoms with Crippen molar-refractivity contribution in [2.24, 2.45) is 0 Å². The number of piperazine rings is 1. The third kappa shape index (κ3) is 4.00. The number of para-hydroxylation sites is 1. The van der Waals surface area contributed by atoms with Gasteiger partial charge in [0.1, 0.15) is 0 Å². The van der Waals surface area contributed by atoms with Gasteiger partial charge in [0.05, 0.1) is 12.2 Å². The Hall–Kier alpha value is -2.14. The molecular weight excluding hydrogens is 366 g/mol. The average Bonchev–Trinajstić information content (AvgIpc) is 2.93. The van der Waals surface area contributed by atoms with E-state index < -0.39 is 0 Å². The van der Waals surface area contributed by atoms with Crippen LogP contribution in [0.4, 0.5) is 11.4 Å². The van der Waals surface area contributed by atoms with E-state index in [1.54, 1.807) is 0 Å². The number of thioether (sulfide) groups is 1. The summed E-state index contributed by atoms with van der Waals surface area (Å²) in [5.41, 5.74) is 5.20. The molecule has 1 saturated heterocycles. The number of carbonyl (C=O) groups excluding carboxylic acids is 1. The highest BCUT2D eigenvalue weighted by molar-refractivity contribution is 7.99. The second kappa shape index (κ2) is 8.48. The summed E-state index contributed by atoms with van der Waals surface area (Å²) in [6, 6.07) is 15.0. The topological polar surface area (TPSA) is 26.8 Å². The molecule has 0 unspecified atom stereocenters. The third-order valence-electron chi connectivity index (χ3n) is 5.91. The van der Waals surface area contributed by atoms with E-state index in [9.17, 15) is 4.79 Å². The number of rotatable bonds is 3. The van der Waals surface area contributed by atoms with Crippen molar-refractivity contribution in [2.45, 2.75) is 25.2 Å². The van der Waals surface area contributed by atoms with Crippen molar-refractivity contribution in [1.82, 2.24) is 4.90 Å². The molecule has 1 amide bonds. The van der Waals surface area contributed by atoms with Crippen molar-refractivity contribution < 1.29 is 4.79 Å². The van der Waals surface area contributed by atoms with Crippen LogP contribution in [0.15, 0.2) is 47.4 Å². The molecule has 0 atom stereocenters. The van der Waals surface area contributed by atoms with Gasteiger partial charge in [-0.15, -0.1) is 11.8 Å². The molecule has 4 rings (SSSR count). The normalized spacial score (nSPS) is 17.3. The van der Waals surface area contributed by atoms with Crippen LogP contribution in [0.2, 0.25) is 0 Å². The number of aryl methyl sites for hydroxylation is 1. The number of fused-ring (bicyclic) bond motifs is 1. The molecule has 5 heteroatoms. The summed E-state index contributed by atoms with van der Waals surface area (Å²) >= 11 is 1.90. The fraction of sp³-hybridized carbons (Fsp3) is 0.435. The van der Waals surface area contributed by atoms with Crippen molar-refractivity contribution in [2.75, 3.05) is 54.8 Å². The van der Waals surface area contributed by atoms with Gasteiger partial charge in [0.25, 0.3) is 0 Å². The van der Waals surface area contributed by atoms with Crippen LogP contribution in [0.5, 0.6) is 0 Å². The highest BCUT2D eigenvalue weighted by Crippen LogP contribution is 2.33. The minimum Gasteiger partial charge on any atom is -0.368 e. The first kappa shape index (κ1) is 19.2. The van der Waals surface area contributed by atoms with Crippen LogP contribution < -0.4 is 9.80 Å². The van der Waals surface area contributed by atoms with Crippen molar-refractivity contribution in [3.8, 4) is 0 Å². The highest BCUT2D eigenvalue weighted by atomic mass is 32.2. The van der Waals surface area contributed by atoms with Crippen LogP contribution in [0, 0.1) is 13.8 Å². The molecule has 4 nitrogen and oxygen atoms in total. The first-order valence-corrected chi connectivity index (χ1v) is 11.2. The minimum atomic E-state index is 0.252. The molecule has 28 heavy (non-hydrogen) atoms. The predicted octanol–water partition coefficient (Wildman–Crippen LogP) is 3.95. The Bertz CT molecular complexity index is 845. The van der Waals surface area contributed by atoms with Crippen LogP contribution in [-0.4, -0.2) is 55.8 Å². The van der Waals surface area contributed by atoms with Gasteiger partial charge in [0.2, 0.25) is 5.91 Å². The molecule has 148 valence electrons. The summed E-state index contributed by atoms with van der Waals surface area (Å²) in [4.78, 5) is 21.0. The van der Waals surface area contributed by atoms with Crippen molar-refractivity contribution in [1.29, 1.82) is 0 Å². The molecule has 2 aromatic rings. The van der Waals surface area contributed by atoms with Gasteiger partial charge < -0.3 is 14.7 Å². The fourth-order valence-electron chi connectivity index (χ4n) is 4.10. The van der Waals surface area contributed by atoms with Crippen LogP contribution in [0.1, 0.15) is 17.5 Å². The summed E-state index contributed by atoms with van der Waals surface area (Å²) in [5.74, 6) is 1.37. The Kier molecular flexibility index (Phi) is 5.81. The number of benzene rings is 2. The summed E-state index contributed by atoms with van der Waals surface area (Å²) in [5, 5.41) is 0.